The van der Waals surface area contributed by atoms with Crippen molar-refractivity contribution in [3.05, 3.63) is 12.4 Å². The fourth-order valence-corrected chi connectivity index (χ4v) is 3.14. The van der Waals surface area contributed by atoms with Crippen LogP contribution in [0.15, 0.2) is 12.4 Å². The molecule has 0 aromatic carbocycles. The molecule has 0 unspecified atom stereocenters. The van der Waals surface area contributed by atoms with Crippen molar-refractivity contribution in [3.63, 3.8) is 0 Å². The van der Waals surface area contributed by atoms with Gasteiger partial charge in [-0.2, -0.15) is 5.10 Å². The summed E-state index contributed by atoms with van der Waals surface area (Å²) in [6, 6.07) is -0.111. The van der Waals surface area contributed by atoms with Crippen LogP contribution in [-0.2, 0) is 15.0 Å². The Morgan fingerprint density at radius 2 is 2.26 bits per heavy atom. The second-order valence-corrected chi connectivity index (χ2v) is 7.57. The summed E-state index contributed by atoms with van der Waals surface area (Å²) in [4.78, 5) is 14.4. The summed E-state index contributed by atoms with van der Waals surface area (Å²) < 4.78 is 13.4. The van der Waals surface area contributed by atoms with E-state index >= 15 is 0 Å². The van der Waals surface area contributed by atoms with E-state index in [9.17, 15) is 4.79 Å². The molecule has 3 rings (SSSR count). The molecule has 1 spiro atoms. The first-order valence-corrected chi connectivity index (χ1v) is 8.14. The summed E-state index contributed by atoms with van der Waals surface area (Å²) in [5.41, 5.74) is 0.257. The molecule has 3 heterocycles. The number of morpholine rings is 1. The number of hydrogen-bond acceptors (Lipinski definition) is 4. The number of hydrogen-bond donors (Lipinski definition) is 1. The van der Waals surface area contributed by atoms with Crippen LogP contribution < -0.4 is 5.32 Å². The highest BCUT2D eigenvalue weighted by Gasteiger charge is 2.44. The second kappa shape index (κ2) is 5.79. The predicted octanol–water partition coefficient (Wildman–Crippen LogP) is 2.05. The van der Waals surface area contributed by atoms with Crippen LogP contribution in [0, 0.1) is 0 Å². The van der Waals surface area contributed by atoms with Crippen LogP contribution in [0.5, 0.6) is 0 Å². The molecular formula is C16H26N4O3. The van der Waals surface area contributed by atoms with Gasteiger partial charge in [0, 0.05) is 25.8 Å². The largest absolute Gasteiger partial charge is 0.378 e. The Balaban J connectivity index is 1.66. The van der Waals surface area contributed by atoms with E-state index in [0.29, 0.717) is 32.0 Å². The van der Waals surface area contributed by atoms with Gasteiger partial charge in [-0.15, -0.1) is 0 Å². The van der Waals surface area contributed by atoms with Gasteiger partial charge in [-0.1, -0.05) is 0 Å². The summed E-state index contributed by atoms with van der Waals surface area (Å²) in [5, 5.41) is 7.25. The fourth-order valence-electron chi connectivity index (χ4n) is 3.14. The number of carbonyl (C=O) groups is 1. The summed E-state index contributed by atoms with van der Waals surface area (Å²) in [6.07, 6.45) is 4.38. The molecule has 0 aliphatic carbocycles. The maximum Gasteiger partial charge on any atom is 0.322 e. The highest BCUT2D eigenvalue weighted by Crippen LogP contribution is 2.30. The van der Waals surface area contributed by atoms with E-state index in [1.165, 1.54) is 0 Å². The lowest BCUT2D eigenvalue weighted by atomic mass is 9.99. The quantitative estimate of drug-likeness (QED) is 0.859. The Bertz CT molecular complexity index is 572. The van der Waals surface area contributed by atoms with Crippen LogP contribution in [0.1, 0.15) is 34.1 Å². The van der Waals surface area contributed by atoms with Gasteiger partial charge in [-0.3, -0.25) is 4.68 Å². The van der Waals surface area contributed by atoms with Crippen molar-refractivity contribution in [3.8, 4) is 0 Å². The third-order valence-corrected chi connectivity index (χ3v) is 4.28. The smallest absolute Gasteiger partial charge is 0.322 e. The number of rotatable bonds is 1. The first-order chi connectivity index (χ1) is 10.8. The Kier molecular flexibility index (Phi) is 4.10. The fraction of sp³-hybridized carbons (Fsp3) is 0.750. The molecular weight excluding hydrogens is 296 g/mol. The Morgan fingerprint density at radius 1 is 1.48 bits per heavy atom. The van der Waals surface area contributed by atoms with Crippen molar-refractivity contribution in [1.82, 2.24) is 14.7 Å². The average molecular weight is 322 g/mol. The number of amides is 2. The highest BCUT2D eigenvalue weighted by atomic mass is 16.6. The molecule has 1 aromatic heterocycles. The van der Waals surface area contributed by atoms with Crippen LogP contribution in [0.25, 0.3) is 0 Å². The van der Waals surface area contributed by atoms with E-state index in [2.05, 4.69) is 31.2 Å². The van der Waals surface area contributed by atoms with E-state index in [4.69, 9.17) is 9.47 Å². The maximum atomic E-state index is 12.6. The first-order valence-electron chi connectivity index (χ1n) is 8.14. The maximum absolute atomic E-state index is 12.6. The van der Waals surface area contributed by atoms with Crippen LogP contribution in [0.2, 0.25) is 0 Å². The van der Waals surface area contributed by atoms with Gasteiger partial charge in [-0.05, 0) is 27.7 Å². The number of ether oxygens (including phenoxy) is 2. The Labute approximate surface area is 136 Å². The molecule has 2 fully saturated rings. The normalized spacial score (nSPS) is 28.3. The van der Waals surface area contributed by atoms with Crippen molar-refractivity contribution in [2.24, 2.45) is 0 Å². The molecule has 7 heteroatoms. The standard InChI is InChI=1S/C16H26N4O3/c1-12-8-19(10-16(23-12)5-6-22-11-16)14(21)18-13-7-17-20(9-13)15(2,3)4/h7,9,12H,5-6,8,10-11H2,1-4H3,(H,18,21)/t12-,16+/m0/s1. The zero-order valence-electron chi connectivity index (χ0n) is 14.3. The van der Waals surface area contributed by atoms with Crippen LogP contribution >= 0.6 is 0 Å². The van der Waals surface area contributed by atoms with Crippen LogP contribution in [-0.4, -0.2) is 58.7 Å². The first kappa shape index (κ1) is 16.3. The molecule has 2 amide bonds. The SMILES string of the molecule is C[C@H]1CN(C(=O)Nc2cnn(C(C)(C)C)c2)C[C@@]2(CCOC2)O1. The molecule has 2 aliphatic heterocycles. The molecule has 2 saturated heterocycles. The number of carbonyl (C=O) groups excluding carboxylic acids is 1. The minimum atomic E-state index is -0.343. The minimum absolute atomic E-state index is 0.00787. The molecule has 0 saturated carbocycles. The summed E-state index contributed by atoms with van der Waals surface area (Å²) in [5.74, 6) is 0. The van der Waals surface area contributed by atoms with Gasteiger partial charge >= 0.3 is 6.03 Å². The Hall–Kier alpha value is -1.60. The van der Waals surface area contributed by atoms with Gasteiger partial charge in [0.15, 0.2) is 0 Å². The third kappa shape index (κ3) is 3.50. The monoisotopic (exact) mass is 322 g/mol. The highest BCUT2D eigenvalue weighted by molar-refractivity contribution is 5.89. The van der Waals surface area contributed by atoms with Crippen molar-refractivity contribution in [2.45, 2.75) is 51.4 Å². The molecule has 23 heavy (non-hydrogen) atoms. The van der Waals surface area contributed by atoms with Crippen LogP contribution in [0.3, 0.4) is 0 Å². The molecule has 2 atom stereocenters. The average Bonchev–Trinajstić information content (AvgIpc) is 3.07. The van der Waals surface area contributed by atoms with Gasteiger partial charge < -0.3 is 19.7 Å². The topological polar surface area (TPSA) is 68.6 Å². The van der Waals surface area contributed by atoms with Crippen LogP contribution in [0.4, 0.5) is 10.5 Å². The summed E-state index contributed by atoms with van der Waals surface area (Å²) >= 11 is 0. The van der Waals surface area contributed by atoms with Crippen molar-refractivity contribution >= 4 is 11.7 Å². The van der Waals surface area contributed by atoms with Crippen molar-refractivity contribution in [1.29, 1.82) is 0 Å². The Morgan fingerprint density at radius 3 is 2.87 bits per heavy atom. The molecule has 7 nitrogen and oxygen atoms in total. The lowest BCUT2D eigenvalue weighted by Crippen LogP contribution is -2.57. The number of anilines is 1. The van der Waals surface area contributed by atoms with E-state index in [-0.39, 0.29) is 23.3 Å². The molecule has 0 bridgehead atoms. The van der Waals surface area contributed by atoms with Gasteiger partial charge in [-0.25, -0.2) is 4.79 Å². The van der Waals surface area contributed by atoms with E-state index in [0.717, 1.165) is 6.42 Å². The zero-order chi connectivity index (χ0) is 16.7. The number of aromatic nitrogens is 2. The van der Waals surface area contributed by atoms with E-state index < -0.39 is 0 Å². The summed E-state index contributed by atoms with van der Waals surface area (Å²) in [6.45, 7) is 10.6. The molecule has 0 radical (unpaired) electrons. The number of urea groups is 1. The molecule has 1 aromatic rings. The minimum Gasteiger partial charge on any atom is -0.378 e. The lowest BCUT2D eigenvalue weighted by molar-refractivity contribution is -0.136. The van der Waals surface area contributed by atoms with Gasteiger partial charge in [0.2, 0.25) is 0 Å². The molecule has 2 aliphatic rings. The van der Waals surface area contributed by atoms with Gasteiger partial charge in [0.1, 0.15) is 5.60 Å². The molecule has 1 N–H and O–H groups in total. The summed E-state index contributed by atoms with van der Waals surface area (Å²) in [7, 11) is 0. The third-order valence-electron chi connectivity index (χ3n) is 4.28. The van der Waals surface area contributed by atoms with Crippen molar-refractivity contribution in [2.75, 3.05) is 31.6 Å². The van der Waals surface area contributed by atoms with Crippen molar-refractivity contribution < 1.29 is 14.3 Å². The number of nitrogens with one attached hydrogen (secondary N) is 1. The lowest BCUT2D eigenvalue weighted by Gasteiger charge is -2.42. The van der Waals surface area contributed by atoms with E-state index in [1.54, 1.807) is 6.20 Å². The predicted molar refractivity (Wildman–Crippen MR) is 86.5 cm³/mol. The second-order valence-electron chi connectivity index (χ2n) is 7.57. The zero-order valence-corrected chi connectivity index (χ0v) is 14.3. The van der Waals surface area contributed by atoms with Gasteiger partial charge in [0.25, 0.3) is 0 Å². The molecule has 128 valence electrons. The number of nitrogens with zero attached hydrogens (tertiary/aromatic N) is 3. The van der Waals surface area contributed by atoms with Gasteiger partial charge in [0.05, 0.1) is 36.7 Å². The van der Waals surface area contributed by atoms with E-state index in [1.807, 2.05) is 22.7 Å².